The Hall–Kier alpha value is -4.13. The second kappa shape index (κ2) is 11.3. The van der Waals surface area contributed by atoms with Crippen molar-refractivity contribution in [3.63, 3.8) is 0 Å². The molecule has 0 unspecified atom stereocenters. The van der Waals surface area contributed by atoms with Gasteiger partial charge in [0.15, 0.2) is 0 Å². The molecule has 0 saturated carbocycles. The number of amides is 2. The van der Waals surface area contributed by atoms with Gasteiger partial charge < -0.3 is 14.8 Å². The lowest BCUT2D eigenvalue weighted by molar-refractivity contribution is -0.123. The van der Waals surface area contributed by atoms with E-state index in [1.807, 2.05) is 55.5 Å². The third-order valence-electron chi connectivity index (χ3n) is 4.58. The number of rotatable bonds is 9. The Balaban J connectivity index is 1.55. The fourth-order valence-electron chi connectivity index (χ4n) is 3.01. The summed E-state index contributed by atoms with van der Waals surface area (Å²) >= 11 is 0. The molecule has 0 radical (unpaired) electrons. The molecular formula is C25H25N3O4. The third-order valence-corrected chi connectivity index (χ3v) is 4.58. The van der Waals surface area contributed by atoms with Crippen LogP contribution in [-0.4, -0.2) is 38.3 Å². The number of nitrogens with zero attached hydrogens (tertiary/aromatic N) is 1. The van der Waals surface area contributed by atoms with E-state index in [1.54, 1.807) is 31.5 Å². The molecule has 0 fully saturated rings. The highest BCUT2D eigenvalue weighted by Crippen LogP contribution is 2.26. The topological polar surface area (TPSA) is 89.0 Å². The predicted molar refractivity (Wildman–Crippen MR) is 126 cm³/mol. The van der Waals surface area contributed by atoms with Crippen molar-refractivity contribution in [2.24, 2.45) is 5.10 Å². The second-order valence-corrected chi connectivity index (χ2v) is 6.75. The largest absolute Gasteiger partial charge is 0.497 e. The molecule has 3 rings (SSSR count). The molecule has 3 aromatic carbocycles. The van der Waals surface area contributed by atoms with Crippen LogP contribution in [0.25, 0.3) is 16.8 Å². The number of ether oxygens (including phenoxy) is 2. The quantitative estimate of drug-likeness (QED) is 0.308. The van der Waals surface area contributed by atoms with Crippen molar-refractivity contribution in [1.29, 1.82) is 0 Å². The molecule has 3 aromatic rings. The average Bonchev–Trinajstić information content (AvgIpc) is 2.83. The number of hydrogen-bond acceptors (Lipinski definition) is 5. The van der Waals surface area contributed by atoms with Crippen LogP contribution in [0.15, 0.2) is 71.8 Å². The lowest BCUT2D eigenvalue weighted by Gasteiger charge is -2.10. The number of nitrogens with one attached hydrogen (secondary N) is 2. The van der Waals surface area contributed by atoms with Crippen molar-refractivity contribution in [2.75, 3.05) is 20.3 Å². The number of carbonyl (C=O) groups excluding carboxylic acids is 2. The number of carbonyl (C=O) groups is 2. The molecule has 0 aliphatic carbocycles. The molecule has 0 atom stereocenters. The van der Waals surface area contributed by atoms with Gasteiger partial charge in [-0.05, 0) is 47.5 Å². The van der Waals surface area contributed by atoms with Gasteiger partial charge in [0.25, 0.3) is 5.91 Å². The minimum absolute atomic E-state index is 0.197. The van der Waals surface area contributed by atoms with Gasteiger partial charge in [0.05, 0.1) is 26.5 Å². The molecule has 0 spiro atoms. The van der Waals surface area contributed by atoms with E-state index in [-0.39, 0.29) is 12.5 Å². The first kappa shape index (κ1) is 22.6. The highest BCUT2D eigenvalue weighted by molar-refractivity contribution is 6.02. The number of hydrogen-bond donors (Lipinski definition) is 2. The van der Waals surface area contributed by atoms with E-state index >= 15 is 0 Å². The van der Waals surface area contributed by atoms with Crippen LogP contribution < -0.4 is 20.2 Å². The highest BCUT2D eigenvalue weighted by Gasteiger charge is 2.07. The Bertz CT molecular complexity index is 1140. The Kier molecular flexibility index (Phi) is 7.97. The van der Waals surface area contributed by atoms with Crippen LogP contribution in [0, 0.1) is 0 Å². The van der Waals surface area contributed by atoms with Crippen LogP contribution in [0.1, 0.15) is 18.1 Å². The Labute approximate surface area is 186 Å². The number of methoxy groups -OCH3 is 1. The summed E-state index contributed by atoms with van der Waals surface area (Å²) in [6, 6.07) is 19.0. The fraction of sp³-hybridized carbons (Fsp3) is 0.160. The van der Waals surface area contributed by atoms with Crippen LogP contribution in [-0.2, 0) is 9.59 Å². The van der Waals surface area contributed by atoms with Gasteiger partial charge >= 0.3 is 0 Å². The maximum atomic E-state index is 12.0. The molecule has 0 bridgehead atoms. The zero-order valence-corrected chi connectivity index (χ0v) is 18.0. The van der Waals surface area contributed by atoms with Gasteiger partial charge in [-0.1, -0.05) is 42.5 Å². The van der Waals surface area contributed by atoms with Crippen LogP contribution in [0.4, 0.5) is 0 Å². The van der Waals surface area contributed by atoms with Crippen molar-refractivity contribution in [2.45, 2.75) is 6.92 Å². The number of hydrazone groups is 1. The molecule has 2 amide bonds. The molecule has 0 aromatic heterocycles. The van der Waals surface area contributed by atoms with Crippen molar-refractivity contribution in [3.05, 3.63) is 77.9 Å². The highest BCUT2D eigenvalue weighted by atomic mass is 16.5. The molecule has 0 aliphatic heterocycles. The van der Waals surface area contributed by atoms with Crippen molar-refractivity contribution >= 4 is 34.9 Å². The zero-order valence-electron chi connectivity index (χ0n) is 18.0. The van der Waals surface area contributed by atoms with Crippen LogP contribution >= 0.6 is 0 Å². The van der Waals surface area contributed by atoms with Gasteiger partial charge in [0.2, 0.25) is 5.91 Å². The van der Waals surface area contributed by atoms with E-state index in [2.05, 4.69) is 15.8 Å². The molecule has 0 saturated heterocycles. The minimum Gasteiger partial charge on any atom is -0.497 e. The maximum absolute atomic E-state index is 12.0. The SMILES string of the molecule is CCOc1ccc2ccccc2c1/C=N\NC(=O)CNC(=O)/C=C/c1ccc(OC)cc1. The molecule has 0 aliphatic rings. The summed E-state index contributed by atoms with van der Waals surface area (Å²) in [4.78, 5) is 24.0. The van der Waals surface area contributed by atoms with Gasteiger partial charge in [-0.25, -0.2) is 5.43 Å². The van der Waals surface area contributed by atoms with Crippen LogP contribution in [0.2, 0.25) is 0 Å². The van der Waals surface area contributed by atoms with Gasteiger partial charge in [-0.2, -0.15) is 5.10 Å². The molecular weight excluding hydrogens is 406 g/mol. The summed E-state index contributed by atoms with van der Waals surface area (Å²) in [6.07, 6.45) is 4.57. The van der Waals surface area contributed by atoms with Crippen LogP contribution in [0.3, 0.4) is 0 Å². The lowest BCUT2D eigenvalue weighted by atomic mass is 10.0. The summed E-state index contributed by atoms with van der Waals surface area (Å²) < 4.78 is 10.8. The van der Waals surface area contributed by atoms with Gasteiger partial charge in [-0.15, -0.1) is 0 Å². The van der Waals surface area contributed by atoms with Crippen molar-refractivity contribution < 1.29 is 19.1 Å². The van der Waals surface area contributed by atoms with Gasteiger partial charge in [0, 0.05) is 11.6 Å². The Morgan fingerprint density at radius 2 is 1.81 bits per heavy atom. The zero-order chi connectivity index (χ0) is 22.8. The minimum atomic E-state index is -0.439. The monoisotopic (exact) mass is 431 g/mol. The van der Waals surface area contributed by atoms with E-state index < -0.39 is 5.91 Å². The second-order valence-electron chi connectivity index (χ2n) is 6.75. The van der Waals surface area contributed by atoms with Crippen LogP contribution in [0.5, 0.6) is 11.5 Å². The molecule has 7 nitrogen and oxygen atoms in total. The summed E-state index contributed by atoms with van der Waals surface area (Å²) in [5.74, 6) is 0.597. The Morgan fingerprint density at radius 1 is 1.03 bits per heavy atom. The van der Waals surface area contributed by atoms with E-state index in [9.17, 15) is 9.59 Å². The predicted octanol–water partition coefficient (Wildman–Crippen LogP) is 3.53. The first-order valence-electron chi connectivity index (χ1n) is 10.2. The summed E-state index contributed by atoms with van der Waals surface area (Å²) in [5, 5.41) is 8.57. The summed E-state index contributed by atoms with van der Waals surface area (Å²) in [5.41, 5.74) is 4.05. The lowest BCUT2D eigenvalue weighted by Crippen LogP contribution is -2.34. The van der Waals surface area contributed by atoms with Gasteiger partial charge in [-0.3, -0.25) is 9.59 Å². The number of fused-ring (bicyclic) bond motifs is 1. The fourth-order valence-corrected chi connectivity index (χ4v) is 3.01. The number of benzene rings is 3. The average molecular weight is 431 g/mol. The first-order chi connectivity index (χ1) is 15.6. The summed E-state index contributed by atoms with van der Waals surface area (Å²) in [7, 11) is 1.59. The normalized spacial score (nSPS) is 11.1. The van der Waals surface area contributed by atoms with Gasteiger partial charge in [0.1, 0.15) is 11.5 Å². The van der Waals surface area contributed by atoms with Crippen molar-refractivity contribution in [3.8, 4) is 11.5 Å². The Morgan fingerprint density at radius 3 is 2.56 bits per heavy atom. The molecule has 2 N–H and O–H groups in total. The molecule has 32 heavy (non-hydrogen) atoms. The van der Waals surface area contributed by atoms with E-state index in [0.29, 0.717) is 12.4 Å². The summed E-state index contributed by atoms with van der Waals surface area (Å²) in [6.45, 7) is 2.22. The standard InChI is InChI=1S/C25H25N3O4/c1-3-32-23-14-11-19-6-4-5-7-21(19)22(23)16-27-28-25(30)17-26-24(29)15-10-18-8-12-20(31-2)13-9-18/h4-16H,3,17H2,1-2H3,(H,26,29)(H,28,30)/b15-10+,27-16-. The maximum Gasteiger partial charge on any atom is 0.259 e. The molecule has 0 heterocycles. The van der Waals surface area contributed by atoms with E-state index in [1.165, 1.54) is 6.08 Å². The van der Waals surface area contributed by atoms with E-state index in [4.69, 9.17) is 9.47 Å². The molecule has 7 heteroatoms. The molecule has 164 valence electrons. The smallest absolute Gasteiger partial charge is 0.259 e. The first-order valence-corrected chi connectivity index (χ1v) is 10.2. The third kappa shape index (κ3) is 6.18. The van der Waals surface area contributed by atoms with Crippen molar-refractivity contribution in [1.82, 2.24) is 10.7 Å². The van der Waals surface area contributed by atoms with E-state index in [0.717, 1.165) is 27.6 Å².